The summed E-state index contributed by atoms with van der Waals surface area (Å²) in [6.45, 7) is 7.42. The molecule has 1 heterocycles. The van der Waals surface area contributed by atoms with Crippen LogP contribution in [0.3, 0.4) is 0 Å². The van der Waals surface area contributed by atoms with Crippen LogP contribution in [-0.4, -0.2) is 65.4 Å². The van der Waals surface area contributed by atoms with Crippen LogP contribution < -0.4 is 24.8 Å². The molecule has 0 amide bonds. The Hall–Kier alpha value is -1.42. The summed E-state index contributed by atoms with van der Waals surface area (Å²) in [4.78, 5) is 6.88. The lowest BCUT2D eigenvalue weighted by molar-refractivity contribution is 0.191. The number of likely N-dealkylation sites (tertiary alicyclic amines) is 1. The SMILES string of the molecule is CN=C(NCCCN1CCC(C)CC1)NCc1cc(OC)c(OC)cc1OC.I. The van der Waals surface area contributed by atoms with Gasteiger partial charge in [-0.1, -0.05) is 6.92 Å². The fraction of sp³-hybridized carbons (Fsp3) is 0.667. The van der Waals surface area contributed by atoms with Gasteiger partial charge >= 0.3 is 0 Å². The summed E-state index contributed by atoms with van der Waals surface area (Å²) >= 11 is 0. The van der Waals surface area contributed by atoms with E-state index in [1.807, 2.05) is 12.1 Å². The number of rotatable bonds is 9. The molecular formula is C21H37IN4O3. The van der Waals surface area contributed by atoms with Crippen molar-refractivity contribution in [1.82, 2.24) is 15.5 Å². The van der Waals surface area contributed by atoms with Crippen molar-refractivity contribution >= 4 is 29.9 Å². The standard InChI is InChI=1S/C21H36N4O3.HI/c1-16-7-11-25(12-8-16)10-6-9-23-21(22-2)24-15-17-13-19(27-4)20(28-5)14-18(17)26-3;/h13-14,16H,6-12,15H2,1-5H3,(H2,22,23,24);1H. The van der Waals surface area contributed by atoms with Gasteiger partial charge in [-0.2, -0.15) is 0 Å². The average molecular weight is 520 g/mol. The Morgan fingerprint density at radius 3 is 2.24 bits per heavy atom. The second-order valence-electron chi connectivity index (χ2n) is 7.25. The number of hydrogen-bond donors (Lipinski definition) is 2. The van der Waals surface area contributed by atoms with E-state index in [0.29, 0.717) is 18.0 Å². The van der Waals surface area contributed by atoms with Crippen LogP contribution in [0.2, 0.25) is 0 Å². The fourth-order valence-corrected chi connectivity index (χ4v) is 3.43. The van der Waals surface area contributed by atoms with Crippen LogP contribution in [0.1, 0.15) is 31.7 Å². The highest BCUT2D eigenvalue weighted by atomic mass is 127. The summed E-state index contributed by atoms with van der Waals surface area (Å²) in [6.07, 6.45) is 3.75. The second kappa shape index (κ2) is 13.7. The molecule has 0 aromatic heterocycles. The number of piperidine rings is 1. The Bertz CT molecular complexity index is 635. The first kappa shape index (κ1) is 25.6. The Kier molecular flexibility index (Phi) is 12.1. The van der Waals surface area contributed by atoms with Gasteiger partial charge in [-0.05, 0) is 50.9 Å². The molecule has 1 saturated heterocycles. The van der Waals surface area contributed by atoms with Gasteiger partial charge in [0, 0.05) is 31.8 Å². The summed E-state index contributed by atoms with van der Waals surface area (Å²) in [5.74, 6) is 3.74. The minimum absolute atomic E-state index is 0. The highest BCUT2D eigenvalue weighted by Crippen LogP contribution is 2.34. The summed E-state index contributed by atoms with van der Waals surface area (Å²) in [6, 6.07) is 3.76. The Balaban J connectivity index is 0.00000420. The number of halogens is 1. The largest absolute Gasteiger partial charge is 0.496 e. The summed E-state index contributed by atoms with van der Waals surface area (Å²) in [5.41, 5.74) is 0.977. The van der Waals surface area contributed by atoms with Gasteiger partial charge in [0.25, 0.3) is 0 Å². The van der Waals surface area contributed by atoms with Gasteiger partial charge in [0.2, 0.25) is 0 Å². The van der Waals surface area contributed by atoms with E-state index < -0.39 is 0 Å². The van der Waals surface area contributed by atoms with Crippen LogP contribution in [0.15, 0.2) is 17.1 Å². The first-order chi connectivity index (χ1) is 13.6. The van der Waals surface area contributed by atoms with Crippen molar-refractivity contribution in [3.8, 4) is 17.2 Å². The third-order valence-corrected chi connectivity index (χ3v) is 5.28. The Labute approximate surface area is 192 Å². The monoisotopic (exact) mass is 520 g/mol. The molecule has 0 saturated carbocycles. The summed E-state index contributed by atoms with van der Waals surface area (Å²) in [5, 5.41) is 6.73. The minimum atomic E-state index is 0. The Morgan fingerprint density at radius 2 is 1.66 bits per heavy atom. The van der Waals surface area contributed by atoms with Crippen LogP contribution in [0.5, 0.6) is 17.2 Å². The van der Waals surface area contributed by atoms with Crippen LogP contribution in [0.4, 0.5) is 0 Å². The molecule has 8 heteroatoms. The third-order valence-electron chi connectivity index (χ3n) is 5.28. The lowest BCUT2D eigenvalue weighted by Gasteiger charge is -2.30. The van der Waals surface area contributed by atoms with Gasteiger partial charge in [0.05, 0.1) is 21.3 Å². The fourth-order valence-electron chi connectivity index (χ4n) is 3.43. The molecule has 0 unspecified atom stereocenters. The quantitative estimate of drug-likeness (QED) is 0.226. The van der Waals surface area contributed by atoms with Crippen molar-refractivity contribution in [1.29, 1.82) is 0 Å². The van der Waals surface area contributed by atoms with E-state index in [9.17, 15) is 0 Å². The van der Waals surface area contributed by atoms with Crippen molar-refractivity contribution in [3.63, 3.8) is 0 Å². The zero-order valence-corrected chi connectivity index (χ0v) is 20.7. The second-order valence-corrected chi connectivity index (χ2v) is 7.25. The number of ether oxygens (including phenoxy) is 3. The topological polar surface area (TPSA) is 67.4 Å². The van der Waals surface area contributed by atoms with Crippen molar-refractivity contribution < 1.29 is 14.2 Å². The minimum Gasteiger partial charge on any atom is -0.496 e. The maximum Gasteiger partial charge on any atom is 0.191 e. The molecule has 166 valence electrons. The number of aliphatic imine (C=N–C) groups is 1. The van der Waals surface area contributed by atoms with Crippen LogP contribution in [-0.2, 0) is 6.54 Å². The van der Waals surface area contributed by atoms with E-state index in [1.165, 1.54) is 25.9 Å². The van der Waals surface area contributed by atoms with Crippen LogP contribution >= 0.6 is 24.0 Å². The zero-order chi connectivity index (χ0) is 20.4. The van der Waals surface area contributed by atoms with Gasteiger partial charge in [-0.15, -0.1) is 24.0 Å². The molecule has 29 heavy (non-hydrogen) atoms. The number of hydrogen-bond acceptors (Lipinski definition) is 5. The molecule has 0 aliphatic carbocycles. The predicted molar refractivity (Wildman–Crippen MR) is 129 cm³/mol. The average Bonchev–Trinajstić information content (AvgIpc) is 2.73. The highest BCUT2D eigenvalue weighted by Gasteiger charge is 2.15. The lowest BCUT2D eigenvalue weighted by atomic mass is 9.99. The maximum atomic E-state index is 5.49. The summed E-state index contributed by atoms with van der Waals surface area (Å²) in [7, 11) is 6.68. The van der Waals surface area contributed by atoms with Gasteiger partial charge < -0.3 is 29.7 Å². The molecule has 2 rings (SSSR count). The van der Waals surface area contributed by atoms with Crippen molar-refractivity contribution in [3.05, 3.63) is 17.7 Å². The lowest BCUT2D eigenvalue weighted by Crippen LogP contribution is -2.39. The van der Waals surface area contributed by atoms with E-state index in [4.69, 9.17) is 14.2 Å². The molecule has 0 atom stereocenters. The first-order valence-corrected chi connectivity index (χ1v) is 10.1. The van der Waals surface area contributed by atoms with Gasteiger partial charge in [0.1, 0.15) is 5.75 Å². The van der Waals surface area contributed by atoms with Gasteiger partial charge in [-0.3, -0.25) is 4.99 Å². The van der Waals surface area contributed by atoms with E-state index >= 15 is 0 Å². The smallest absolute Gasteiger partial charge is 0.191 e. The van der Waals surface area contributed by atoms with E-state index in [2.05, 4.69) is 27.4 Å². The molecule has 1 fully saturated rings. The molecule has 2 N–H and O–H groups in total. The van der Waals surface area contributed by atoms with Gasteiger partial charge in [-0.25, -0.2) is 0 Å². The highest BCUT2D eigenvalue weighted by molar-refractivity contribution is 14.0. The molecule has 0 bridgehead atoms. The molecule has 0 radical (unpaired) electrons. The van der Waals surface area contributed by atoms with Crippen molar-refractivity contribution in [2.45, 2.75) is 32.7 Å². The van der Waals surface area contributed by atoms with E-state index in [1.54, 1.807) is 28.4 Å². The van der Waals surface area contributed by atoms with Crippen molar-refractivity contribution in [2.75, 3.05) is 54.6 Å². The Morgan fingerprint density at radius 1 is 1.03 bits per heavy atom. The molecule has 0 spiro atoms. The van der Waals surface area contributed by atoms with Crippen LogP contribution in [0.25, 0.3) is 0 Å². The number of nitrogens with zero attached hydrogens (tertiary/aromatic N) is 2. The summed E-state index contributed by atoms with van der Waals surface area (Å²) < 4.78 is 16.2. The van der Waals surface area contributed by atoms with E-state index in [0.717, 1.165) is 42.7 Å². The molecule has 1 aliphatic rings. The third kappa shape index (κ3) is 8.08. The molecule has 7 nitrogen and oxygen atoms in total. The molecular weight excluding hydrogens is 483 g/mol. The normalized spacial score (nSPS) is 15.4. The first-order valence-electron chi connectivity index (χ1n) is 10.1. The number of guanidine groups is 1. The maximum absolute atomic E-state index is 5.49. The number of methoxy groups -OCH3 is 3. The zero-order valence-electron chi connectivity index (χ0n) is 18.4. The number of nitrogens with one attached hydrogen (secondary N) is 2. The van der Waals surface area contributed by atoms with Crippen molar-refractivity contribution in [2.24, 2.45) is 10.9 Å². The number of benzene rings is 1. The molecule has 1 aliphatic heterocycles. The van der Waals surface area contributed by atoms with Gasteiger partial charge in [0.15, 0.2) is 17.5 Å². The molecule has 1 aromatic rings. The predicted octanol–water partition coefficient (Wildman–Crippen LogP) is 3.12. The van der Waals surface area contributed by atoms with Crippen LogP contribution in [0, 0.1) is 5.92 Å². The van der Waals surface area contributed by atoms with E-state index in [-0.39, 0.29) is 24.0 Å². The molecule has 1 aromatic carbocycles.